The molecule has 1 fully saturated rings. The van der Waals surface area contributed by atoms with Gasteiger partial charge in [0, 0.05) is 23.3 Å². The molecule has 1 aromatic heterocycles. The molecule has 0 saturated carbocycles. The number of amides is 1. The quantitative estimate of drug-likeness (QED) is 0.759. The van der Waals surface area contributed by atoms with Gasteiger partial charge in [-0.25, -0.2) is 0 Å². The molecule has 0 aliphatic carbocycles. The molecule has 0 unspecified atom stereocenters. The van der Waals surface area contributed by atoms with Gasteiger partial charge in [-0.15, -0.1) is 0 Å². The molecule has 82 valence electrons. The van der Waals surface area contributed by atoms with Gasteiger partial charge in [0.1, 0.15) is 5.69 Å². The van der Waals surface area contributed by atoms with Crippen LogP contribution in [0.5, 0.6) is 0 Å². The summed E-state index contributed by atoms with van der Waals surface area (Å²) < 4.78 is 0.898. The smallest absolute Gasteiger partial charge is 0.267 e. The van der Waals surface area contributed by atoms with Gasteiger partial charge in [-0.05, 0) is 41.4 Å². The van der Waals surface area contributed by atoms with Crippen molar-refractivity contribution in [3.8, 4) is 0 Å². The number of hydrogen-bond donors (Lipinski definition) is 3. The maximum Gasteiger partial charge on any atom is 0.267 e. The third-order valence-electron chi connectivity index (χ3n) is 2.52. The Morgan fingerprint density at radius 2 is 2.47 bits per heavy atom. The van der Waals surface area contributed by atoms with Crippen LogP contribution in [0.1, 0.15) is 23.3 Å². The van der Waals surface area contributed by atoms with Gasteiger partial charge >= 0.3 is 0 Å². The summed E-state index contributed by atoms with van der Waals surface area (Å²) in [6.45, 7) is 1.92. The van der Waals surface area contributed by atoms with E-state index in [-0.39, 0.29) is 11.9 Å². The molecule has 1 aliphatic rings. The van der Waals surface area contributed by atoms with E-state index in [0.29, 0.717) is 5.69 Å². The van der Waals surface area contributed by atoms with Crippen LogP contribution in [0, 0.1) is 0 Å². The normalized spacial score (nSPS) is 21.3. The molecule has 1 aromatic rings. The maximum atomic E-state index is 11.7. The lowest BCUT2D eigenvalue weighted by Crippen LogP contribution is -2.45. The van der Waals surface area contributed by atoms with E-state index in [1.165, 1.54) is 0 Å². The van der Waals surface area contributed by atoms with Crippen molar-refractivity contribution < 1.29 is 4.79 Å². The minimum Gasteiger partial charge on any atom is -0.356 e. The first-order chi connectivity index (χ1) is 7.25. The molecule has 0 radical (unpaired) electrons. The van der Waals surface area contributed by atoms with Crippen LogP contribution < -0.4 is 10.6 Å². The van der Waals surface area contributed by atoms with Crippen LogP contribution in [-0.2, 0) is 0 Å². The number of nitrogens with one attached hydrogen (secondary N) is 3. The second kappa shape index (κ2) is 4.81. The van der Waals surface area contributed by atoms with Gasteiger partial charge in [-0.1, -0.05) is 0 Å². The molecule has 1 amide bonds. The number of H-pyrrole nitrogens is 1. The molecule has 0 spiro atoms. The van der Waals surface area contributed by atoms with E-state index in [4.69, 9.17) is 0 Å². The molecular weight excluding hydrogens is 258 g/mol. The maximum absolute atomic E-state index is 11.7. The van der Waals surface area contributed by atoms with Gasteiger partial charge in [0.05, 0.1) is 0 Å². The van der Waals surface area contributed by atoms with Crippen LogP contribution in [0.25, 0.3) is 0 Å². The number of rotatable bonds is 2. The van der Waals surface area contributed by atoms with E-state index >= 15 is 0 Å². The standard InChI is InChI=1S/C10H14BrN3O/c11-7-4-9(13-5-7)10(15)14-8-2-1-3-12-6-8/h4-5,8,12-13H,1-3,6H2,(H,14,15)/t8-/m1/s1. The van der Waals surface area contributed by atoms with Crippen molar-refractivity contribution in [2.75, 3.05) is 13.1 Å². The van der Waals surface area contributed by atoms with Crippen LogP contribution in [0.4, 0.5) is 0 Å². The molecule has 1 atom stereocenters. The Balaban J connectivity index is 1.91. The lowest BCUT2D eigenvalue weighted by atomic mass is 10.1. The first-order valence-electron chi connectivity index (χ1n) is 5.11. The number of halogens is 1. The highest BCUT2D eigenvalue weighted by atomic mass is 79.9. The van der Waals surface area contributed by atoms with E-state index < -0.39 is 0 Å². The van der Waals surface area contributed by atoms with E-state index in [9.17, 15) is 4.79 Å². The zero-order valence-corrected chi connectivity index (χ0v) is 9.93. The number of aromatic nitrogens is 1. The second-order valence-electron chi connectivity index (χ2n) is 3.75. The molecule has 1 aliphatic heterocycles. The number of carbonyl (C=O) groups excluding carboxylic acids is 1. The summed E-state index contributed by atoms with van der Waals surface area (Å²) in [5.74, 6) is -0.0330. The topological polar surface area (TPSA) is 56.9 Å². The molecule has 15 heavy (non-hydrogen) atoms. The molecule has 2 heterocycles. The van der Waals surface area contributed by atoms with Crippen LogP contribution in [0.3, 0.4) is 0 Å². The lowest BCUT2D eigenvalue weighted by molar-refractivity contribution is 0.0926. The Bertz CT molecular complexity index is 344. The van der Waals surface area contributed by atoms with E-state index in [1.54, 1.807) is 12.3 Å². The monoisotopic (exact) mass is 271 g/mol. The number of aromatic amines is 1. The number of hydrogen-bond acceptors (Lipinski definition) is 2. The third kappa shape index (κ3) is 2.82. The average molecular weight is 272 g/mol. The van der Waals surface area contributed by atoms with E-state index in [0.717, 1.165) is 30.4 Å². The van der Waals surface area contributed by atoms with Gasteiger partial charge < -0.3 is 15.6 Å². The molecule has 0 bridgehead atoms. The first-order valence-corrected chi connectivity index (χ1v) is 5.90. The van der Waals surface area contributed by atoms with Crippen LogP contribution >= 0.6 is 15.9 Å². The van der Waals surface area contributed by atoms with Gasteiger partial charge in [0.15, 0.2) is 0 Å². The highest BCUT2D eigenvalue weighted by molar-refractivity contribution is 9.10. The van der Waals surface area contributed by atoms with Gasteiger partial charge in [0.25, 0.3) is 5.91 Å². The van der Waals surface area contributed by atoms with Crippen molar-refractivity contribution in [1.29, 1.82) is 0 Å². The summed E-state index contributed by atoms with van der Waals surface area (Å²) in [5.41, 5.74) is 0.604. The molecule has 4 nitrogen and oxygen atoms in total. The fraction of sp³-hybridized carbons (Fsp3) is 0.500. The molecule has 0 aromatic carbocycles. The summed E-state index contributed by atoms with van der Waals surface area (Å²) >= 11 is 3.30. The Kier molecular flexibility index (Phi) is 3.43. The lowest BCUT2D eigenvalue weighted by Gasteiger charge is -2.23. The molecule has 5 heteroatoms. The molecular formula is C10H14BrN3O. The van der Waals surface area contributed by atoms with Crippen LogP contribution in [-0.4, -0.2) is 30.0 Å². The average Bonchev–Trinajstić information content (AvgIpc) is 2.66. The van der Waals surface area contributed by atoms with E-state index in [1.807, 2.05) is 0 Å². The third-order valence-corrected chi connectivity index (χ3v) is 2.98. The molecule has 3 N–H and O–H groups in total. The predicted molar refractivity (Wildman–Crippen MR) is 61.9 cm³/mol. The Hall–Kier alpha value is -0.810. The van der Waals surface area contributed by atoms with E-state index in [2.05, 4.69) is 31.5 Å². The summed E-state index contributed by atoms with van der Waals surface area (Å²) in [6, 6.07) is 2.04. The highest BCUT2D eigenvalue weighted by Gasteiger charge is 2.16. The zero-order valence-electron chi connectivity index (χ0n) is 8.35. The molecule has 1 saturated heterocycles. The Labute approximate surface area is 97.0 Å². The predicted octanol–water partition coefficient (Wildman–Crippen LogP) is 1.26. The number of carbonyl (C=O) groups is 1. The van der Waals surface area contributed by atoms with Crippen molar-refractivity contribution in [2.45, 2.75) is 18.9 Å². The fourth-order valence-corrected chi connectivity index (χ4v) is 2.08. The molecule has 2 rings (SSSR count). The summed E-state index contributed by atoms with van der Waals surface area (Å²) in [6.07, 6.45) is 3.94. The second-order valence-corrected chi connectivity index (χ2v) is 4.66. The zero-order chi connectivity index (χ0) is 10.7. The first kappa shape index (κ1) is 10.7. The largest absolute Gasteiger partial charge is 0.356 e. The number of piperidine rings is 1. The van der Waals surface area contributed by atoms with Crippen molar-refractivity contribution in [3.05, 3.63) is 22.4 Å². The van der Waals surface area contributed by atoms with Crippen molar-refractivity contribution in [2.24, 2.45) is 0 Å². The SMILES string of the molecule is O=C(N[C@@H]1CCCNC1)c1cc(Br)c[nH]1. The van der Waals surface area contributed by atoms with Crippen LogP contribution in [0.2, 0.25) is 0 Å². The van der Waals surface area contributed by atoms with Gasteiger partial charge in [0.2, 0.25) is 0 Å². The van der Waals surface area contributed by atoms with Crippen LogP contribution in [0.15, 0.2) is 16.7 Å². The van der Waals surface area contributed by atoms with Crippen molar-refractivity contribution in [3.63, 3.8) is 0 Å². The van der Waals surface area contributed by atoms with Gasteiger partial charge in [-0.2, -0.15) is 0 Å². The minimum atomic E-state index is -0.0330. The minimum absolute atomic E-state index is 0.0330. The van der Waals surface area contributed by atoms with Gasteiger partial charge in [-0.3, -0.25) is 4.79 Å². The summed E-state index contributed by atoms with van der Waals surface area (Å²) in [4.78, 5) is 14.7. The van der Waals surface area contributed by atoms with Crippen molar-refractivity contribution >= 4 is 21.8 Å². The Morgan fingerprint density at radius 1 is 1.60 bits per heavy atom. The summed E-state index contributed by atoms with van der Waals surface area (Å²) in [5, 5.41) is 6.26. The van der Waals surface area contributed by atoms with Crippen molar-refractivity contribution in [1.82, 2.24) is 15.6 Å². The Morgan fingerprint density at radius 3 is 3.07 bits per heavy atom. The highest BCUT2D eigenvalue weighted by Crippen LogP contribution is 2.11. The fourth-order valence-electron chi connectivity index (χ4n) is 1.74. The summed E-state index contributed by atoms with van der Waals surface area (Å²) in [7, 11) is 0.